The normalized spacial score (nSPS) is 10.2. The van der Waals surface area contributed by atoms with Gasteiger partial charge in [0.05, 0.1) is 23.9 Å². The van der Waals surface area contributed by atoms with Crippen LogP contribution in [-0.2, 0) is 17.1 Å². The molecule has 4 amide bonds. The van der Waals surface area contributed by atoms with Gasteiger partial charge in [-0.3, -0.25) is 4.98 Å². The average Bonchev–Trinajstić information content (AvgIpc) is 3.07. The molecule has 0 fully saturated rings. The minimum Gasteiger partial charge on any atom is -0.463 e. The van der Waals surface area contributed by atoms with Crippen LogP contribution in [0.5, 0.6) is 0 Å². The van der Waals surface area contributed by atoms with Crippen molar-refractivity contribution >= 4 is 24.0 Å². The largest absolute Gasteiger partial charge is 0.463 e. The summed E-state index contributed by atoms with van der Waals surface area (Å²) < 4.78 is 4.87. The number of nitrogens with two attached hydrogens (primary N) is 2. The summed E-state index contributed by atoms with van der Waals surface area (Å²) >= 11 is 0. The smallest absolute Gasteiger partial charge is 0.332 e. The van der Waals surface area contributed by atoms with Crippen LogP contribution in [0.4, 0.5) is 9.59 Å². The summed E-state index contributed by atoms with van der Waals surface area (Å²) in [6, 6.07) is 7.46. The van der Waals surface area contributed by atoms with Crippen LogP contribution in [0.3, 0.4) is 0 Å². The zero-order valence-corrected chi connectivity index (χ0v) is 14.4. The number of carbonyl (C=O) groups excluding carboxylic acids is 2. The Balaban J connectivity index is 0.000000449. The van der Waals surface area contributed by atoms with Crippen molar-refractivity contribution in [2.45, 2.75) is 6.92 Å². The topological polar surface area (TPSA) is 161 Å². The fraction of sp³-hybridized carbons (Fsp3) is 0.0714. The van der Waals surface area contributed by atoms with Gasteiger partial charge in [-0.15, -0.1) is 0 Å². The Kier molecular flexibility index (Phi) is 10.7. The number of furan rings is 1. The summed E-state index contributed by atoms with van der Waals surface area (Å²) in [5.41, 5.74) is 15.1. The van der Waals surface area contributed by atoms with Crippen LogP contribution in [0.15, 0.2) is 57.4 Å². The molecule has 1 radical (unpaired) electrons. The molecule has 0 spiro atoms. The van der Waals surface area contributed by atoms with E-state index in [2.05, 4.69) is 20.6 Å². The standard InChI is InChI=1S/C8H10N4O.C6H7N3O2.Mn/c1-6(11-12-8(9)13)7-4-2-3-5-10-7;7-6(10)9-8-4-5-2-1-3-11-5;/h2-5H,1H3,(H3,9,12,13);1-4H,(H3,7,9,10);/b11-6+;8-4+;. The first-order valence-corrected chi connectivity index (χ1v) is 6.62. The van der Waals surface area contributed by atoms with Gasteiger partial charge in [-0.2, -0.15) is 10.2 Å². The number of pyridine rings is 1. The molecule has 0 saturated heterocycles. The number of rotatable bonds is 4. The number of urea groups is 2. The molecule has 0 aliphatic rings. The SMILES string of the molecule is C/C(=N\NC(N)=O)c1ccccn1.NC(=O)N/N=C/c1ccco1.[Mn]. The van der Waals surface area contributed by atoms with Crippen LogP contribution in [0.1, 0.15) is 18.4 Å². The predicted octanol–water partition coefficient (Wildman–Crippen LogP) is 0.753. The number of amides is 4. The van der Waals surface area contributed by atoms with Crippen LogP contribution >= 0.6 is 0 Å². The van der Waals surface area contributed by atoms with Gasteiger partial charge in [-0.05, 0) is 31.2 Å². The van der Waals surface area contributed by atoms with Crippen molar-refractivity contribution in [2.24, 2.45) is 21.7 Å². The number of carbonyl (C=O) groups is 2. The third-order valence-electron chi connectivity index (χ3n) is 2.28. The maximum atomic E-state index is 10.3. The Labute approximate surface area is 154 Å². The van der Waals surface area contributed by atoms with E-state index in [0.29, 0.717) is 17.2 Å². The zero-order chi connectivity index (χ0) is 17.8. The molecule has 2 rings (SSSR count). The van der Waals surface area contributed by atoms with E-state index in [-0.39, 0.29) is 17.1 Å². The minimum atomic E-state index is -0.701. The molecule has 0 aliphatic carbocycles. The second kappa shape index (κ2) is 12.3. The third kappa shape index (κ3) is 10.3. The van der Waals surface area contributed by atoms with E-state index >= 15 is 0 Å². The van der Waals surface area contributed by atoms with Crippen molar-refractivity contribution in [1.82, 2.24) is 15.8 Å². The van der Waals surface area contributed by atoms with Gasteiger partial charge in [0.1, 0.15) is 5.76 Å². The summed E-state index contributed by atoms with van der Waals surface area (Å²) in [7, 11) is 0. The molecule has 6 N–H and O–H groups in total. The zero-order valence-electron chi connectivity index (χ0n) is 13.2. The monoisotopic (exact) mass is 386 g/mol. The van der Waals surface area contributed by atoms with Crippen molar-refractivity contribution in [3.63, 3.8) is 0 Å². The van der Waals surface area contributed by atoms with E-state index in [0.717, 1.165) is 0 Å². The fourth-order valence-electron chi connectivity index (χ4n) is 1.30. The molecular formula is C14H17MnN7O3. The Morgan fingerprint density at radius 2 is 1.88 bits per heavy atom. The molecule has 2 aromatic rings. The van der Waals surface area contributed by atoms with E-state index in [1.165, 1.54) is 12.5 Å². The molecular weight excluding hydrogens is 369 g/mol. The van der Waals surface area contributed by atoms with Crippen LogP contribution < -0.4 is 22.3 Å². The first-order chi connectivity index (χ1) is 11.5. The van der Waals surface area contributed by atoms with Crippen molar-refractivity contribution in [1.29, 1.82) is 0 Å². The molecule has 10 nitrogen and oxygen atoms in total. The quantitative estimate of drug-likeness (QED) is 0.347. The van der Waals surface area contributed by atoms with Gasteiger partial charge in [-0.25, -0.2) is 20.4 Å². The third-order valence-corrected chi connectivity index (χ3v) is 2.28. The van der Waals surface area contributed by atoms with Crippen molar-refractivity contribution < 1.29 is 31.1 Å². The van der Waals surface area contributed by atoms with Crippen molar-refractivity contribution in [3.8, 4) is 0 Å². The maximum absolute atomic E-state index is 10.3. The fourth-order valence-corrected chi connectivity index (χ4v) is 1.30. The maximum Gasteiger partial charge on any atom is 0.332 e. The second-order valence-corrected chi connectivity index (χ2v) is 4.14. The molecule has 0 saturated carbocycles. The molecule has 2 aromatic heterocycles. The van der Waals surface area contributed by atoms with Crippen LogP contribution in [0, 0.1) is 0 Å². The van der Waals surface area contributed by atoms with Crippen LogP contribution in [-0.4, -0.2) is 29.0 Å². The number of hydrogen-bond acceptors (Lipinski definition) is 6. The molecule has 0 aromatic carbocycles. The van der Waals surface area contributed by atoms with E-state index in [1.54, 1.807) is 37.4 Å². The van der Waals surface area contributed by atoms with E-state index in [9.17, 15) is 9.59 Å². The van der Waals surface area contributed by atoms with Crippen LogP contribution in [0.25, 0.3) is 0 Å². The molecule has 0 aliphatic heterocycles. The summed E-state index contributed by atoms with van der Waals surface area (Å²) in [5, 5.41) is 7.19. The van der Waals surface area contributed by atoms with Gasteiger partial charge in [0.25, 0.3) is 0 Å². The number of nitrogens with one attached hydrogen (secondary N) is 2. The molecule has 11 heteroatoms. The summed E-state index contributed by atoms with van der Waals surface area (Å²) in [6.45, 7) is 1.73. The van der Waals surface area contributed by atoms with E-state index in [4.69, 9.17) is 15.9 Å². The number of aromatic nitrogens is 1. The predicted molar refractivity (Wildman–Crippen MR) is 88.2 cm³/mol. The second-order valence-electron chi connectivity index (χ2n) is 4.14. The first kappa shape index (κ1) is 21.8. The molecule has 0 atom stereocenters. The van der Waals surface area contributed by atoms with Gasteiger partial charge in [0, 0.05) is 23.3 Å². The Morgan fingerprint density at radius 1 is 1.16 bits per heavy atom. The Bertz CT molecular complexity index is 702. The average molecular weight is 386 g/mol. The molecule has 0 bridgehead atoms. The van der Waals surface area contributed by atoms with Crippen molar-refractivity contribution in [3.05, 3.63) is 54.2 Å². The molecule has 0 unspecified atom stereocenters. The van der Waals surface area contributed by atoms with Crippen LogP contribution in [0.2, 0.25) is 0 Å². The number of hydrogen-bond donors (Lipinski definition) is 4. The van der Waals surface area contributed by atoms with Gasteiger partial charge in [-0.1, -0.05) is 6.07 Å². The van der Waals surface area contributed by atoms with Gasteiger partial charge in [0.2, 0.25) is 0 Å². The van der Waals surface area contributed by atoms with Crippen molar-refractivity contribution in [2.75, 3.05) is 0 Å². The molecule has 133 valence electrons. The summed E-state index contributed by atoms with van der Waals surface area (Å²) in [5.74, 6) is 0.554. The van der Waals surface area contributed by atoms with E-state index < -0.39 is 12.1 Å². The minimum absolute atomic E-state index is 0. The van der Waals surface area contributed by atoms with Gasteiger partial charge in [0.15, 0.2) is 0 Å². The summed E-state index contributed by atoms with van der Waals surface area (Å²) in [4.78, 5) is 24.4. The van der Waals surface area contributed by atoms with Gasteiger partial charge >= 0.3 is 12.1 Å². The summed E-state index contributed by atoms with van der Waals surface area (Å²) in [6.07, 6.45) is 4.51. The Morgan fingerprint density at radius 3 is 2.40 bits per heavy atom. The molecule has 2 heterocycles. The van der Waals surface area contributed by atoms with Gasteiger partial charge < -0.3 is 15.9 Å². The first-order valence-electron chi connectivity index (χ1n) is 6.62. The molecule has 25 heavy (non-hydrogen) atoms. The Hall–Kier alpha value is -3.17. The number of primary amides is 2. The van der Waals surface area contributed by atoms with E-state index in [1.807, 2.05) is 11.5 Å². The number of hydrazone groups is 2. The number of nitrogens with zero attached hydrogens (tertiary/aromatic N) is 3.